The monoisotopic (exact) mass is 350 g/mol. The highest BCUT2D eigenvalue weighted by molar-refractivity contribution is 6.05. The van der Waals surface area contributed by atoms with E-state index in [4.69, 9.17) is 9.15 Å². The van der Waals surface area contributed by atoms with Gasteiger partial charge in [-0.05, 0) is 42.5 Å². The van der Waals surface area contributed by atoms with Crippen LogP contribution in [0.2, 0.25) is 0 Å². The number of hydrogen-bond acceptors (Lipinski definition) is 4. The molecular formula is C20H18N2O4. The predicted octanol–water partition coefficient (Wildman–Crippen LogP) is 4.07. The third kappa shape index (κ3) is 4.51. The molecular weight excluding hydrogens is 332 g/mol. The van der Waals surface area contributed by atoms with Crippen LogP contribution in [0.4, 0.5) is 11.4 Å². The zero-order valence-electron chi connectivity index (χ0n) is 14.2. The molecule has 2 N–H and O–H groups in total. The summed E-state index contributed by atoms with van der Waals surface area (Å²) in [7, 11) is 0. The minimum atomic E-state index is -0.294. The van der Waals surface area contributed by atoms with Crippen molar-refractivity contribution in [1.29, 1.82) is 0 Å². The summed E-state index contributed by atoms with van der Waals surface area (Å²) in [5.74, 6) is 0.700. The number of carbonyl (C=O) groups excluding carboxylic acids is 2. The Hall–Kier alpha value is -3.54. The number of amides is 2. The van der Waals surface area contributed by atoms with Gasteiger partial charge in [0, 0.05) is 18.3 Å². The second-order valence-corrected chi connectivity index (χ2v) is 5.57. The van der Waals surface area contributed by atoms with Crippen LogP contribution in [-0.4, -0.2) is 11.8 Å². The molecule has 2 amide bonds. The van der Waals surface area contributed by atoms with Gasteiger partial charge < -0.3 is 19.8 Å². The van der Waals surface area contributed by atoms with Crippen molar-refractivity contribution < 1.29 is 18.7 Å². The molecule has 132 valence electrons. The van der Waals surface area contributed by atoms with E-state index in [2.05, 4.69) is 10.6 Å². The molecule has 3 aromatic rings. The molecule has 0 bridgehead atoms. The van der Waals surface area contributed by atoms with Crippen LogP contribution in [0.5, 0.6) is 5.75 Å². The van der Waals surface area contributed by atoms with Crippen molar-refractivity contribution in [3.8, 4) is 5.75 Å². The van der Waals surface area contributed by atoms with Gasteiger partial charge >= 0.3 is 0 Å². The van der Waals surface area contributed by atoms with E-state index in [9.17, 15) is 9.59 Å². The molecule has 1 aromatic heterocycles. The van der Waals surface area contributed by atoms with Crippen molar-refractivity contribution in [1.82, 2.24) is 0 Å². The van der Waals surface area contributed by atoms with Crippen molar-refractivity contribution >= 4 is 23.2 Å². The highest BCUT2D eigenvalue weighted by Crippen LogP contribution is 2.18. The van der Waals surface area contributed by atoms with Gasteiger partial charge in [-0.1, -0.05) is 18.2 Å². The molecule has 0 saturated heterocycles. The minimum Gasteiger partial charge on any atom is -0.486 e. The summed E-state index contributed by atoms with van der Waals surface area (Å²) in [5.41, 5.74) is 1.68. The second-order valence-electron chi connectivity index (χ2n) is 5.57. The molecule has 0 fully saturated rings. The first-order chi connectivity index (χ1) is 12.6. The molecule has 0 atom stereocenters. The number of hydrogen-bond donors (Lipinski definition) is 2. The van der Waals surface area contributed by atoms with Gasteiger partial charge in [0.1, 0.15) is 12.4 Å². The fourth-order valence-corrected chi connectivity index (χ4v) is 2.36. The predicted molar refractivity (Wildman–Crippen MR) is 98.2 cm³/mol. The number of carbonyl (C=O) groups is 2. The summed E-state index contributed by atoms with van der Waals surface area (Å²) in [5, 5.41) is 5.47. The van der Waals surface area contributed by atoms with Crippen LogP contribution in [0.3, 0.4) is 0 Å². The lowest BCUT2D eigenvalue weighted by Gasteiger charge is -2.08. The number of furan rings is 1. The average molecular weight is 350 g/mol. The largest absolute Gasteiger partial charge is 0.486 e. The van der Waals surface area contributed by atoms with Gasteiger partial charge in [-0.2, -0.15) is 0 Å². The highest BCUT2D eigenvalue weighted by Gasteiger charge is 2.15. The van der Waals surface area contributed by atoms with Gasteiger partial charge in [-0.25, -0.2) is 0 Å². The first-order valence-electron chi connectivity index (χ1n) is 8.05. The summed E-state index contributed by atoms with van der Waals surface area (Å²) in [6.45, 7) is 1.59. The summed E-state index contributed by atoms with van der Waals surface area (Å²) < 4.78 is 11.0. The van der Waals surface area contributed by atoms with E-state index >= 15 is 0 Å². The Balaban J connectivity index is 1.63. The molecule has 0 aliphatic carbocycles. The third-order valence-corrected chi connectivity index (χ3v) is 3.57. The molecule has 1 heterocycles. The fraction of sp³-hybridized carbons (Fsp3) is 0.100. The Labute approximate surface area is 150 Å². The number of ether oxygens (including phenoxy) is 1. The van der Waals surface area contributed by atoms with Crippen LogP contribution in [0.1, 0.15) is 23.0 Å². The van der Waals surface area contributed by atoms with Crippen LogP contribution >= 0.6 is 0 Å². The summed E-state index contributed by atoms with van der Waals surface area (Å²) in [4.78, 5) is 23.5. The molecule has 2 aromatic carbocycles. The molecule has 26 heavy (non-hydrogen) atoms. The van der Waals surface area contributed by atoms with Crippen LogP contribution in [0.25, 0.3) is 0 Å². The zero-order valence-corrected chi connectivity index (χ0v) is 14.2. The number of nitrogens with one attached hydrogen (secondary N) is 2. The average Bonchev–Trinajstić information content (AvgIpc) is 3.11. The standard InChI is InChI=1S/C20H18N2O4/c1-14(23)21-15-7-9-16(10-8-15)22-20(24)18-11-12-25-19(18)13-26-17-5-3-2-4-6-17/h2-12H,13H2,1H3,(H,21,23)(H,22,24). The van der Waals surface area contributed by atoms with E-state index in [1.807, 2.05) is 30.3 Å². The molecule has 0 aliphatic heterocycles. The van der Waals surface area contributed by atoms with Gasteiger partial charge in [0.25, 0.3) is 5.91 Å². The maximum absolute atomic E-state index is 12.5. The Kier molecular flexibility index (Phi) is 5.34. The second kappa shape index (κ2) is 8.02. The minimum absolute atomic E-state index is 0.150. The Morgan fingerprint density at radius 1 is 0.923 bits per heavy atom. The van der Waals surface area contributed by atoms with Crippen molar-refractivity contribution in [3.05, 3.63) is 78.3 Å². The first-order valence-corrected chi connectivity index (χ1v) is 8.05. The van der Waals surface area contributed by atoms with E-state index in [0.717, 1.165) is 0 Å². The number of benzene rings is 2. The van der Waals surface area contributed by atoms with E-state index in [1.54, 1.807) is 30.3 Å². The van der Waals surface area contributed by atoms with Crippen molar-refractivity contribution in [2.45, 2.75) is 13.5 Å². The Morgan fingerprint density at radius 2 is 1.58 bits per heavy atom. The van der Waals surface area contributed by atoms with Gasteiger partial charge in [0.05, 0.1) is 11.8 Å². The van der Waals surface area contributed by atoms with Crippen molar-refractivity contribution in [3.63, 3.8) is 0 Å². The van der Waals surface area contributed by atoms with Crippen LogP contribution in [0, 0.1) is 0 Å². The molecule has 3 rings (SSSR count). The summed E-state index contributed by atoms with van der Waals surface area (Å²) >= 11 is 0. The highest BCUT2D eigenvalue weighted by atomic mass is 16.5. The maximum atomic E-state index is 12.5. The van der Waals surface area contributed by atoms with Gasteiger partial charge in [-0.15, -0.1) is 0 Å². The maximum Gasteiger partial charge on any atom is 0.259 e. The number of anilines is 2. The van der Waals surface area contributed by atoms with E-state index in [-0.39, 0.29) is 18.4 Å². The SMILES string of the molecule is CC(=O)Nc1ccc(NC(=O)c2ccoc2COc2ccccc2)cc1. The smallest absolute Gasteiger partial charge is 0.259 e. The van der Waals surface area contributed by atoms with Gasteiger partial charge in [0.2, 0.25) is 5.91 Å². The Morgan fingerprint density at radius 3 is 2.23 bits per heavy atom. The summed E-state index contributed by atoms with van der Waals surface area (Å²) in [6.07, 6.45) is 1.46. The lowest BCUT2D eigenvalue weighted by Crippen LogP contribution is -2.14. The first kappa shape index (κ1) is 17.3. The van der Waals surface area contributed by atoms with Crippen molar-refractivity contribution in [2.24, 2.45) is 0 Å². The lowest BCUT2D eigenvalue weighted by molar-refractivity contribution is -0.114. The van der Waals surface area contributed by atoms with Crippen molar-refractivity contribution in [2.75, 3.05) is 10.6 Å². The van der Waals surface area contributed by atoms with Crippen LogP contribution in [0.15, 0.2) is 71.3 Å². The normalized spacial score (nSPS) is 10.2. The topological polar surface area (TPSA) is 80.6 Å². The quantitative estimate of drug-likeness (QED) is 0.702. The molecule has 6 nitrogen and oxygen atoms in total. The van der Waals surface area contributed by atoms with Crippen LogP contribution in [-0.2, 0) is 11.4 Å². The zero-order chi connectivity index (χ0) is 18.4. The molecule has 0 spiro atoms. The molecule has 0 saturated carbocycles. The van der Waals surface area contributed by atoms with Gasteiger partial charge in [0.15, 0.2) is 5.76 Å². The summed E-state index contributed by atoms with van der Waals surface area (Å²) in [6, 6.07) is 17.8. The van der Waals surface area contributed by atoms with E-state index in [1.165, 1.54) is 13.2 Å². The number of rotatable bonds is 6. The Bertz CT molecular complexity index is 886. The molecule has 0 aliphatic rings. The molecule has 0 radical (unpaired) electrons. The van der Waals surface area contributed by atoms with Crippen LogP contribution < -0.4 is 15.4 Å². The molecule has 6 heteroatoms. The lowest BCUT2D eigenvalue weighted by atomic mass is 10.2. The molecule has 0 unspecified atom stereocenters. The third-order valence-electron chi connectivity index (χ3n) is 3.57. The van der Waals surface area contributed by atoms with E-state index in [0.29, 0.717) is 28.4 Å². The van der Waals surface area contributed by atoms with E-state index < -0.39 is 0 Å². The fourth-order valence-electron chi connectivity index (χ4n) is 2.36. The number of para-hydroxylation sites is 1. The van der Waals surface area contributed by atoms with Gasteiger partial charge in [-0.3, -0.25) is 9.59 Å².